The molecular formula is C19H32N4O2. The predicted molar refractivity (Wildman–Crippen MR) is 98.8 cm³/mol. The summed E-state index contributed by atoms with van der Waals surface area (Å²) in [6, 6.07) is 2.23. The molecule has 2 atom stereocenters. The third-order valence-electron chi connectivity index (χ3n) is 5.29. The molecule has 6 nitrogen and oxygen atoms in total. The molecule has 2 unspecified atom stereocenters. The van der Waals surface area contributed by atoms with Crippen LogP contribution in [0.3, 0.4) is 0 Å². The molecule has 3 rings (SSSR count). The molecule has 0 spiro atoms. The Morgan fingerprint density at radius 2 is 1.72 bits per heavy atom. The van der Waals surface area contributed by atoms with Crippen molar-refractivity contribution in [1.29, 1.82) is 0 Å². The van der Waals surface area contributed by atoms with Gasteiger partial charge < -0.3 is 10.0 Å². The van der Waals surface area contributed by atoms with Crippen LogP contribution >= 0.6 is 0 Å². The molecule has 2 amide bonds. The maximum Gasteiger partial charge on any atom is 0.323 e. The smallest absolute Gasteiger partial charge is 0.323 e. The highest BCUT2D eigenvalue weighted by molar-refractivity contribution is 5.89. The number of aliphatic hydroxyl groups excluding tert-OH is 1. The first-order valence-corrected chi connectivity index (χ1v) is 9.35. The molecule has 140 valence electrons. The third kappa shape index (κ3) is 3.54. The minimum atomic E-state index is -0.269. The van der Waals surface area contributed by atoms with Gasteiger partial charge in [0, 0.05) is 23.6 Å². The second kappa shape index (κ2) is 6.01. The second-order valence-corrected chi connectivity index (χ2v) is 9.60. The monoisotopic (exact) mass is 348 g/mol. The molecule has 1 aromatic rings. The number of carbonyl (C=O) groups is 1. The van der Waals surface area contributed by atoms with Crippen molar-refractivity contribution in [1.82, 2.24) is 14.7 Å². The molecule has 2 bridgehead atoms. The highest BCUT2D eigenvalue weighted by Crippen LogP contribution is 2.36. The number of urea groups is 1. The van der Waals surface area contributed by atoms with Gasteiger partial charge in [-0.15, -0.1) is 0 Å². The van der Waals surface area contributed by atoms with E-state index in [-0.39, 0.29) is 35.2 Å². The highest BCUT2D eigenvalue weighted by atomic mass is 16.3. The number of nitrogens with zero attached hydrogens (tertiary/aromatic N) is 3. The fraction of sp³-hybridized carbons (Fsp3) is 0.789. The molecule has 2 aliphatic heterocycles. The van der Waals surface area contributed by atoms with E-state index >= 15 is 0 Å². The molecule has 2 saturated heterocycles. The van der Waals surface area contributed by atoms with E-state index in [1.807, 2.05) is 15.6 Å². The molecule has 0 radical (unpaired) electrons. The van der Waals surface area contributed by atoms with Crippen molar-refractivity contribution in [2.75, 3.05) is 5.32 Å². The van der Waals surface area contributed by atoms with Gasteiger partial charge in [-0.2, -0.15) is 5.10 Å². The molecular weight excluding hydrogens is 316 g/mol. The Labute approximate surface area is 150 Å². The van der Waals surface area contributed by atoms with Crippen molar-refractivity contribution in [3.8, 4) is 0 Å². The molecule has 3 heterocycles. The fourth-order valence-electron chi connectivity index (χ4n) is 4.00. The maximum absolute atomic E-state index is 13.0. The van der Waals surface area contributed by atoms with Crippen LogP contribution in [0.25, 0.3) is 0 Å². The molecule has 2 N–H and O–H groups in total. The van der Waals surface area contributed by atoms with Gasteiger partial charge in [-0.1, -0.05) is 20.8 Å². The summed E-state index contributed by atoms with van der Waals surface area (Å²) in [7, 11) is 0. The molecule has 2 aliphatic rings. The van der Waals surface area contributed by atoms with Crippen LogP contribution in [-0.2, 0) is 11.0 Å². The van der Waals surface area contributed by atoms with Gasteiger partial charge in [-0.25, -0.2) is 9.48 Å². The average molecular weight is 348 g/mol. The lowest BCUT2D eigenvalue weighted by Gasteiger charge is -2.37. The zero-order chi connectivity index (χ0) is 18.6. The summed E-state index contributed by atoms with van der Waals surface area (Å²) in [4.78, 5) is 14.9. The van der Waals surface area contributed by atoms with Gasteiger partial charge in [0.1, 0.15) is 5.82 Å². The Morgan fingerprint density at radius 3 is 2.20 bits per heavy atom. The lowest BCUT2D eigenvalue weighted by Crippen LogP contribution is -2.50. The molecule has 2 fully saturated rings. The number of anilines is 1. The molecule has 25 heavy (non-hydrogen) atoms. The zero-order valence-electron chi connectivity index (χ0n) is 16.3. The Kier molecular flexibility index (Phi) is 4.38. The molecule has 6 heteroatoms. The van der Waals surface area contributed by atoms with Gasteiger partial charge >= 0.3 is 6.03 Å². The number of aliphatic hydroxyl groups is 1. The Balaban J connectivity index is 1.85. The van der Waals surface area contributed by atoms with Gasteiger partial charge in [0.2, 0.25) is 0 Å². The first-order valence-electron chi connectivity index (χ1n) is 9.35. The van der Waals surface area contributed by atoms with Gasteiger partial charge in [0.15, 0.2) is 0 Å². The third-order valence-corrected chi connectivity index (χ3v) is 5.29. The summed E-state index contributed by atoms with van der Waals surface area (Å²) in [6.45, 7) is 12.6. The number of hydrogen-bond donors (Lipinski definition) is 2. The first kappa shape index (κ1) is 18.2. The number of rotatable bonds is 1. The van der Waals surface area contributed by atoms with Crippen molar-refractivity contribution >= 4 is 11.8 Å². The Hall–Kier alpha value is -1.56. The van der Waals surface area contributed by atoms with E-state index in [4.69, 9.17) is 5.10 Å². The van der Waals surface area contributed by atoms with Crippen molar-refractivity contribution in [2.24, 2.45) is 0 Å². The van der Waals surface area contributed by atoms with Crippen molar-refractivity contribution in [3.05, 3.63) is 11.8 Å². The van der Waals surface area contributed by atoms with Gasteiger partial charge in [0.25, 0.3) is 0 Å². The van der Waals surface area contributed by atoms with Crippen LogP contribution in [0.2, 0.25) is 0 Å². The number of carbonyl (C=O) groups excluding carboxylic acids is 1. The van der Waals surface area contributed by atoms with Crippen LogP contribution in [0.5, 0.6) is 0 Å². The molecule has 0 saturated carbocycles. The number of piperidine rings is 1. The normalized spacial score (nSPS) is 26.8. The van der Waals surface area contributed by atoms with Gasteiger partial charge in [-0.05, 0) is 46.5 Å². The lowest BCUT2D eigenvalue weighted by molar-refractivity contribution is 0.0579. The van der Waals surface area contributed by atoms with E-state index in [0.717, 1.165) is 24.4 Å². The summed E-state index contributed by atoms with van der Waals surface area (Å²) < 4.78 is 1.91. The number of aromatic nitrogens is 2. The maximum atomic E-state index is 13.0. The SMILES string of the molecule is CC(C)(C)c1cc(NC(=O)N2C3CCC2CC(O)C3)n(C(C)(C)C)n1. The predicted octanol–water partition coefficient (Wildman–Crippen LogP) is 3.46. The average Bonchev–Trinajstić information content (AvgIpc) is 2.98. The van der Waals surface area contributed by atoms with Crippen molar-refractivity contribution in [3.63, 3.8) is 0 Å². The standard InChI is InChI=1S/C19H32N4O2/c1-18(2,3)15-11-16(23(21-15)19(4,5)6)20-17(25)22-12-7-8-13(22)10-14(24)9-12/h11-14,24H,7-10H2,1-6H3,(H,20,25). The van der Waals surface area contributed by atoms with E-state index in [9.17, 15) is 9.90 Å². The number of nitrogens with one attached hydrogen (secondary N) is 1. The van der Waals surface area contributed by atoms with Crippen LogP contribution in [-0.4, -0.2) is 44.0 Å². The van der Waals surface area contributed by atoms with Crippen LogP contribution in [0.15, 0.2) is 6.07 Å². The van der Waals surface area contributed by atoms with Crippen molar-refractivity contribution < 1.29 is 9.90 Å². The van der Waals surface area contributed by atoms with Crippen molar-refractivity contribution in [2.45, 2.75) is 96.4 Å². The van der Waals surface area contributed by atoms with Crippen LogP contribution in [0.4, 0.5) is 10.6 Å². The van der Waals surface area contributed by atoms with Crippen LogP contribution in [0, 0.1) is 0 Å². The minimum Gasteiger partial charge on any atom is -0.393 e. The molecule has 0 aliphatic carbocycles. The summed E-state index contributed by atoms with van der Waals surface area (Å²) in [5.74, 6) is 0.743. The second-order valence-electron chi connectivity index (χ2n) is 9.60. The van der Waals surface area contributed by atoms with E-state index in [0.29, 0.717) is 12.8 Å². The van der Waals surface area contributed by atoms with Crippen LogP contribution in [0.1, 0.15) is 72.9 Å². The number of fused-ring (bicyclic) bond motifs is 2. The minimum absolute atomic E-state index is 0.0646. The summed E-state index contributed by atoms with van der Waals surface area (Å²) in [6.07, 6.45) is 3.09. The topological polar surface area (TPSA) is 70.4 Å². The van der Waals surface area contributed by atoms with E-state index in [1.54, 1.807) is 0 Å². The van der Waals surface area contributed by atoms with Gasteiger partial charge in [-0.3, -0.25) is 5.32 Å². The van der Waals surface area contributed by atoms with Crippen LogP contribution < -0.4 is 5.32 Å². The first-order chi connectivity index (χ1) is 11.5. The summed E-state index contributed by atoms with van der Waals surface area (Å²) >= 11 is 0. The highest BCUT2D eigenvalue weighted by Gasteiger charge is 2.43. The lowest BCUT2D eigenvalue weighted by atomic mass is 9.92. The molecule has 1 aromatic heterocycles. The number of hydrogen-bond acceptors (Lipinski definition) is 3. The zero-order valence-corrected chi connectivity index (χ0v) is 16.3. The van der Waals surface area contributed by atoms with E-state index in [1.165, 1.54) is 0 Å². The fourth-order valence-corrected chi connectivity index (χ4v) is 4.00. The quantitative estimate of drug-likeness (QED) is 0.816. The largest absolute Gasteiger partial charge is 0.393 e. The Morgan fingerprint density at radius 1 is 1.16 bits per heavy atom. The Bertz CT molecular complexity index is 639. The number of amides is 2. The van der Waals surface area contributed by atoms with Gasteiger partial charge in [0.05, 0.1) is 17.3 Å². The summed E-state index contributed by atoms with van der Waals surface area (Å²) in [5.41, 5.74) is 0.669. The van der Waals surface area contributed by atoms with E-state index < -0.39 is 0 Å². The van der Waals surface area contributed by atoms with E-state index in [2.05, 4.69) is 46.9 Å². The molecule has 0 aromatic carbocycles. The summed E-state index contributed by atoms with van der Waals surface area (Å²) in [5, 5.41) is 17.8.